The van der Waals surface area contributed by atoms with E-state index in [0.717, 1.165) is 11.1 Å². The molecule has 0 saturated heterocycles. The SMILES string of the molecule is O=[C]CP(=O)(OCc1ccccc1)OCc1ccccc1. The summed E-state index contributed by atoms with van der Waals surface area (Å²) in [6, 6.07) is 18.6. The van der Waals surface area contributed by atoms with Crippen LogP contribution in [0.4, 0.5) is 0 Å². The van der Waals surface area contributed by atoms with Crippen LogP contribution in [0.25, 0.3) is 0 Å². The van der Waals surface area contributed by atoms with Crippen molar-refractivity contribution in [1.29, 1.82) is 0 Å². The fourth-order valence-corrected chi connectivity index (χ4v) is 2.81. The van der Waals surface area contributed by atoms with E-state index in [1.165, 1.54) is 0 Å². The van der Waals surface area contributed by atoms with Gasteiger partial charge in [-0.2, -0.15) is 0 Å². The Balaban J connectivity index is 1.95. The van der Waals surface area contributed by atoms with Crippen LogP contribution < -0.4 is 0 Å². The summed E-state index contributed by atoms with van der Waals surface area (Å²) in [5, 5.41) is 0. The fraction of sp³-hybridized carbons (Fsp3) is 0.188. The van der Waals surface area contributed by atoms with E-state index in [4.69, 9.17) is 9.05 Å². The molecular formula is C16H16O4P. The van der Waals surface area contributed by atoms with Gasteiger partial charge in [-0.1, -0.05) is 60.7 Å². The molecule has 0 saturated carbocycles. The topological polar surface area (TPSA) is 52.6 Å². The van der Waals surface area contributed by atoms with E-state index in [9.17, 15) is 9.36 Å². The van der Waals surface area contributed by atoms with Crippen molar-refractivity contribution in [1.82, 2.24) is 0 Å². The maximum Gasteiger partial charge on any atom is 0.339 e. The zero-order chi connectivity index (χ0) is 15.0. The van der Waals surface area contributed by atoms with Gasteiger partial charge in [0.2, 0.25) is 6.29 Å². The van der Waals surface area contributed by atoms with Crippen LogP contribution in [0, 0.1) is 0 Å². The predicted octanol–water partition coefficient (Wildman–Crippen LogP) is 3.72. The van der Waals surface area contributed by atoms with Crippen molar-refractivity contribution in [3.63, 3.8) is 0 Å². The molecule has 5 heteroatoms. The van der Waals surface area contributed by atoms with Crippen LogP contribution in [0.2, 0.25) is 0 Å². The third kappa shape index (κ3) is 5.27. The van der Waals surface area contributed by atoms with Gasteiger partial charge >= 0.3 is 7.60 Å². The number of carbonyl (C=O) groups excluding carboxylic acids is 1. The second-order valence-corrected chi connectivity index (χ2v) is 6.49. The molecule has 0 aliphatic carbocycles. The molecule has 2 aromatic carbocycles. The molecule has 0 aliphatic rings. The molecule has 0 aromatic heterocycles. The van der Waals surface area contributed by atoms with Gasteiger partial charge in [-0.25, -0.2) is 0 Å². The third-order valence-electron chi connectivity index (χ3n) is 2.80. The molecule has 0 amide bonds. The lowest BCUT2D eigenvalue weighted by Gasteiger charge is -2.16. The first-order chi connectivity index (χ1) is 10.2. The molecule has 2 rings (SSSR count). The van der Waals surface area contributed by atoms with E-state index in [1.807, 2.05) is 60.7 Å². The molecular weight excluding hydrogens is 287 g/mol. The molecule has 0 atom stereocenters. The molecule has 1 radical (unpaired) electrons. The van der Waals surface area contributed by atoms with Gasteiger partial charge in [0.15, 0.2) is 0 Å². The third-order valence-corrected chi connectivity index (χ3v) is 4.36. The van der Waals surface area contributed by atoms with Crippen molar-refractivity contribution >= 4 is 13.9 Å². The standard InChI is InChI=1S/C16H16O4P/c17-11-12-21(18,19-13-15-7-3-1-4-8-15)20-14-16-9-5-2-6-10-16/h1-10H,12-14H2. The van der Waals surface area contributed by atoms with Crippen molar-refractivity contribution in [2.45, 2.75) is 13.2 Å². The molecule has 0 bridgehead atoms. The number of hydrogen-bond donors (Lipinski definition) is 0. The van der Waals surface area contributed by atoms with Crippen LogP contribution >= 0.6 is 7.60 Å². The largest absolute Gasteiger partial charge is 0.339 e. The highest BCUT2D eigenvalue weighted by molar-refractivity contribution is 7.54. The smallest absolute Gasteiger partial charge is 0.303 e. The molecule has 0 heterocycles. The first-order valence-electron chi connectivity index (χ1n) is 6.53. The van der Waals surface area contributed by atoms with Gasteiger partial charge in [0, 0.05) is 0 Å². The van der Waals surface area contributed by atoms with E-state index < -0.39 is 7.60 Å². The molecule has 0 spiro atoms. The van der Waals surface area contributed by atoms with Gasteiger partial charge in [-0.3, -0.25) is 9.36 Å². The van der Waals surface area contributed by atoms with Gasteiger partial charge < -0.3 is 9.05 Å². The number of hydrogen-bond acceptors (Lipinski definition) is 4. The number of benzene rings is 2. The quantitative estimate of drug-likeness (QED) is 0.697. The summed E-state index contributed by atoms with van der Waals surface area (Å²) in [6.45, 7) is 0.267. The summed E-state index contributed by atoms with van der Waals surface area (Å²) in [5.41, 5.74) is 1.74. The lowest BCUT2D eigenvalue weighted by molar-refractivity contribution is 0.194. The van der Waals surface area contributed by atoms with Gasteiger partial charge in [0.25, 0.3) is 0 Å². The Morgan fingerprint density at radius 2 is 1.24 bits per heavy atom. The van der Waals surface area contributed by atoms with E-state index in [-0.39, 0.29) is 19.4 Å². The highest BCUT2D eigenvalue weighted by Crippen LogP contribution is 2.48. The second kappa shape index (κ2) is 7.89. The Morgan fingerprint density at radius 1 is 0.810 bits per heavy atom. The first kappa shape index (κ1) is 15.6. The van der Waals surface area contributed by atoms with Crippen molar-refractivity contribution < 1.29 is 18.4 Å². The highest BCUT2D eigenvalue weighted by Gasteiger charge is 2.24. The van der Waals surface area contributed by atoms with Gasteiger partial charge in [0.1, 0.15) is 6.16 Å². The van der Waals surface area contributed by atoms with E-state index in [0.29, 0.717) is 0 Å². The summed E-state index contributed by atoms with van der Waals surface area (Å²) >= 11 is 0. The average Bonchev–Trinajstić information content (AvgIpc) is 2.54. The zero-order valence-electron chi connectivity index (χ0n) is 11.5. The van der Waals surface area contributed by atoms with Gasteiger partial charge in [-0.05, 0) is 11.1 Å². The Hall–Kier alpha value is -1.74. The van der Waals surface area contributed by atoms with Crippen molar-refractivity contribution in [3.8, 4) is 0 Å². The fourth-order valence-electron chi connectivity index (χ4n) is 1.70. The summed E-state index contributed by atoms with van der Waals surface area (Å²) in [6.07, 6.45) is 1.25. The summed E-state index contributed by atoms with van der Waals surface area (Å²) in [4.78, 5) is 10.6. The Morgan fingerprint density at radius 3 is 1.62 bits per heavy atom. The lowest BCUT2D eigenvalue weighted by atomic mass is 10.2. The van der Waals surface area contributed by atoms with E-state index in [2.05, 4.69) is 0 Å². The maximum atomic E-state index is 12.5. The summed E-state index contributed by atoms with van der Waals surface area (Å²) < 4.78 is 23.2. The summed E-state index contributed by atoms with van der Waals surface area (Å²) in [7, 11) is -3.47. The van der Waals surface area contributed by atoms with Crippen LogP contribution in [-0.4, -0.2) is 12.4 Å². The molecule has 2 aromatic rings. The molecule has 0 unspecified atom stereocenters. The minimum atomic E-state index is -3.47. The molecule has 0 N–H and O–H groups in total. The van der Waals surface area contributed by atoms with E-state index >= 15 is 0 Å². The van der Waals surface area contributed by atoms with Crippen molar-refractivity contribution in [2.24, 2.45) is 0 Å². The second-order valence-electron chi connectivity index (χ2n) is 4.43. The van der Waals surface area contributed by atoms with Gasteiger partial charge in [-0.15, -0.1) is 0 Å². The Bertz CT molecular complexity index is 551. The normalized spacial score (nSPS) is 11.2. The Kier molecular flexibility index (Phi) is 5.88. The van der Waals surface area contributed by atoms with E-state index in [1.54, 1.807) is 6.29 Å². The predicted molar refractivity (Wildman–Crippen MR) is 80.6 cm³/mol. The zero-order valence-corrected chi connectivity index (χ0v) is 12.4. The average molecular weight is 303 g/mol. The minimum absolute atomic E-state index is 0.134. The number of rotatable bonds is 8. The minimum Gasteiger partial charge on any atom is -0.303 e. The molecule has 109 valence electrons. The highest BCUT2D eigenvalue weighted by atomic mass is 31.2. The maximum absolute atomic E-state index is 12.5. The molecule has 0 aliphatic heterocycles. The van der Waals surface area contributed by atoms with Crippen LogP contribution in [0.3, 0.4) is 0 Å². The van der Waals surface area contributed by atoms with Gasteiger partial charge in [0.05, 0.1) is 13.2 Å². The Labute approximate surface area is 124 Å². The summed E-state index contributed by atoms with van der Waals surface area (Å²) in [5.74, 6) is 0. The van der Waals surface area contributed by atoms with Crippen LogP contribution in [0.5, 0.6) is 0 Å². The van der Waals surface area contributed by atoms with Crippen LogP contribution in [-0.2, 0) is 31.6 Å². The molecule has 0 fully saturated rings. The van der Waals surface area contributed by atoms with Crippen molar-refractivity contribution in [2.75, 3.05) is 6.16 Å². The molecule has 4 nitrogen and oxygen atoms in total. The van der Waals surface area contributed by atoms with Crippen LogP contribution in [0.1, 0.15) is 11.1 Å². The van der Waals surface area contributed by atoms with Crippen LogP contribution in [0.15, 0.2) is 60.7 Å². The molecule has 21 heavy (non-hydrogen) atoms. The van der Waals surface area contributed by atoms with Crippen molar-refractivity contribution in [3.05, 3.63) is 71.8 Å². The lowest BCUT2D eigenvalue weighted by Crippen LogP contribution is -2.02. The first-order valence-corrected chi connectivity index (χ1v) is 8.26. The monoisotopic (exact) mass is 303 g/mol.